The lowest BCUT2D eigenvalue weighted by atomic mass is 9.89. The zero-order valence-corrected chi connectivity index (χ0v) is 19.2. The smallest absolute Gasteiger partial charge is 0.138 e. The summed E-state index contributed by atoms with van der Waals surface area (Å²) < 4.78 is 22.9. The Morgan fingerprint density at radius 3 is 2.81 bits per heavy atom. The number of benzene rings is 2. The summed E-state index contributed by atoms with van der Waals surface area (Å²) in [4.78, 5) is 4.68. The molecule has 2 aromatic heterocycles. The van der Waals surface area contributed by atoms with Crippen molar-refractivity contribution in [3.63, 3.8) is 0 Å². The quantitative estimate of drug-likeness (QED) is 0.308. The van der Waals surface area contributed by atoms with Crippen molar-refractivity contribution < 1.29 is 9.13 Å². The summed E-state index contributed by atoms with van der Waals surface area (Å²) in [5.41, 5.74) is 8.13. The second-order valence-corrected chi connectivity index (χ2v) is 8.84. The SMILES string of the molecule is C/C(C#N)=C1/c2ccc(Cc3c(C)nc4cc(Br)ccn34)cc2COc2cc(F)ccc21. The highest BCUT2D eigenvalue weighted by atomic mass is 79.9. The van der Waals surface area contributed by atoms with Gasteiger partial charge in [-0.05, 0) is 54.8 Å². The minimum atomic E-state index is -0.362. The van der Waals surface area contributed by atoms with Crippen LogP contribution in [0.4, 0.5) is 4.39 Å². The molecule has 0 bridgehead atoms. The standard InChI is InChI=1S/C26H19BrFN3O/c1-15(13-29)26-21-5-3-17(9-18(21)14-32-24-12-20(28)4-6-22(24)26)10-23-16(2)30-25-11-19(27)7-8-31(23)25/h3-9,11-12H,10,14H2,1-2H3/b26-15+. The van der Waals surface area contributed by atoms with Crippen LogP contribution in [0.2, 0.25) is 0 Å². The third-order valence-electron chi connectivity index (χ3n) is 5.84. The highest BCUT2D eigenvalue weighted by Crippen LogP contribution is 2.39. The maximum Gasteiger partial charge on any atom is 0.138 e. The molecule has 0 unspecified atom stereocenters. The van der Waals surface area contributed by atoms with E-state index in [4.69, 9.17) is 4.74 Å². The van der Waals surface area contributed by atoms with Gasteiger partial charge in [0, 0.05) is 45.6 Å². The van der Waals surface area contributed by atoms with Crippen LogP contribution in [0.1, 0.15) is 40.6 Å². The number of allylic oxidation sites excluding steroid dienone is 1. The van der Waals surface area contributed by atoms with Crippen LogP contribution in [0, 0.1) is 24.1 Å². The predicted molar refractivity (Wildman–Crippen MR) is 125 cm³/mol. The van der Waals surface area contributed by atoms with Crippen molar-refractivity contribution in [2.75, 3.05) is 0 Å². The van der Waals surface area contributed by atoms with Crippen LogP contribution >= 0.6 is 15.9 Å². The molecule has 0 atom stereocenters. The normalized spacial score (nSPS) is 14.2. The van der Waals surface area contributed by atoms with Gasteiger partial charge in [-0.3, -0.25) is 0 Å². The maximum absolute atomic E-state index is 13.9. The van der Waals surface area contributed by atoms with Crippen molar-refractivity contribution in [3.05, 3.63) is 104 Å². The number of aryl methyl sites for hydroxylation is 1. The number of ether oxygens (including phenoxy) is 1. The van der Waals surface area contributed by atoms with Crippen molar-refractivity contribution >= 4 is 27.2 Å². The number of rotatable bonds is 2. The van der Waals surface area contributed by atoms with E-state index in [1.807, 2.05) is 31.3 Å². The first kappa shape index (κ1) is 20.5. The molecule has 0 amide bonds. The molecule has 3 heterocycles. The molecule has 4 aromatic rings. The molecule has 0 radical (unpaired) electrons. The summed E-state index contributed by atoms with van der Waals surface area (Å²) in [7, 11) is 0. The Morgan fingerprint density at radius 2 is 2.00 bits per heavy atom. The predicted octanol–water partition coefficient (Wildman–Crippen LogP) is 6.37. The van der Waals surface area contributed by atoms with Crippen LogP contribution in [0.5, 0.6) is 5.75 Å². The highest BCUT2D eigenvalue weighted by molar-refractivity contribution is 9.10. The second kappa shape index (κ2) is 7.92. The van der Waals surface area contributed by atoms with E-state index < -0.39 is 0 Å². The lowest BCUT2D eigenvalue weighted by molar-refractivity contribution is 0.305. The highest BCUT2D eigenvalue weighted by Gasteiger charge is 2.22. The fraction of sp³-hybridized carbons (Fsp3) is 0.154. The number of pyridine rings is 1. The van der Waals surface area contributed by atoms with Crippen molar-refractivity contribution in [1.29, 1.82) is 5.26 Å². The van der Waals surface area contributed by atoms with Gasteiger partial charge < -0.3 is 9.14 Å². The summed E-state index contributed by atoms with van der Waals surface area (Å²) in [6.45, 7) is 4.11. The molecule has 0 saturated carbocycles. The van der Waals surface area contributed by atoms with Crippen LogP contribution in [-0.2, 0) is 13.0 Å². The average Bonchev–Trinajstić information content (AvgIpc) is 2.98. The number of halogens is 2. The fourth-order valence-corrected chi connectivity index (χ4v) is 4.62. The van der Waals surface area contributed by atoms with Crippen LogP contribution < -0.4 is 4.74 Å². The summed E-state index contributed by atoms with van der Waals surface area (Å²) in [5, 5.41) is 9.63. The molecule has 158 valence electrons. The molecule has 1 aliphatic rings. The first-order chi connectivity index (χ1) is 15.4. The van der Waals surface area contributed by atoms with Gasteiger partial charge >= 0.3 is 0 Å². The van der Waals surface area contributed by atoms with Gasteiger partial charge in [0.15, 0.2) is 0 Å². The average molecular weight is 488 g/mol. The number of hydrogen-bond donors (Lipinski definition) is 0. The van der Waals surface area contributed by atoms with E-state index in [-0.39, 0.29) is 5.82 Å². The molecule has 0 N–H and O–H groups in total. The zero-order valence-electron chi connectivity index (χ0n) is 17.6. The lowest BCUT2D eigenvalue weighted by Crippen LogP contribution is -2.01. The minimum absolute atomic E-state index is 0.306. The molecular formula is C26H19BrFN3O. The minimum Gasteiger partial charge on any atom is -0.488 e. The number of nitriles is 1. The van der Waals surface area contributed by atoms with Gasteiger partial charge in [-0.1, -0.05) is 34.1 Å². The molecular weight excluding hydrogens is 469 g/mol. The molecule has 0 spiro atoms. The van der Waals surface area contributed by atoms with Gasteiger partial charge in [0.2, 0.25) is 0 Å². The maximum atomic E-state index is 13.9. The van der Waals surface area contributed by atoms with E-state index in [0.717, 1.165) is 49.3 Å². The van der Waals surface area contributed by atoms with E-state index in [1.165, 1.54) is 12.1 Å². The van der Waals surface area contributed by atoms with Crippen molar-refractivity contribution in [1.82, 2.24) is 9.38 Å². The Labute approximate surface area is 193 Å². The third-order valence-corrected chi connectivity index (χ3v) is 6.33. The Balaban J connectivity index is 1.60. The summed E-state index contributed by atoms with van der Waals surface area (Å²) in [6, 6.07) is 17.0. The van der Waals surface area contributed by atoms with Crippen LogP contribution in [0.25, 0.3) is 11.2 Å². The van der Waals surface area contributed by atoms with E-state index in [9.17, 15) is 9.65 Å². The number of hydrogen-bond acceptors (Lipinski definition) is 3. The van der Waals surface area contributed by atoms with E-state index in [1.54, 1.807) is 13.0 Å². The number of imidazole rings is 1. The molecule has 4 nitrogen and oxygen atoms in total. The first-order valence-electron chi connectivity index (χ1n) is 10.2. The molecule has 0 fully saturated rings. The topological polar surface area (TPSA) is 50.3 Å². The molecule has 6 heteroatoms. The van der Waals surface area contributed by atoms with Gasteiger partial charge in [0.1, 0.15) is 23.8 Å². The first-order valence-corrected chi connectivity index (χ1v) is 11.0. The monoisotopic (exact) mass is 487 g/mol. The number of fused-ring (bicyclic) bond motifs is 3. The van der Waals surface area contributed by atoms with Crippen molar-refractivity contribution in [3.8, 4) is 11.8 Å². The van der Waals surface area contributed by atoms with Gasteiger partial charge in [-0.25, -0.2) is 9.37 Å². The van der Waals surface area contributed by atoms with Gasteiger partial charge in [-0.2, -0.15) is 5.26 Å². The molecule has 32 heavy (non-hydrogen) atoms. The van der Waals surface area contributed by atoms with Gasteiger partial charge in [0.25, 0.3) is 0 Å². The molecule has 0 aliphatic carbocycles. The van der Waals surface area contributed by atoms with E-state index in [2.05, 4.69) is 43.5 Å². The van der Waals surface area contributed by atoms with E-state index in [0.29, 0.717) is 24.4 Å². The summed E-state index contributed by atoms with van der Waals surface area (Å²) in [6.07, 6.45) is 2.73. The lowest BCUT2D eigenvalue weighted by Gasteiger charge is -2.13. The van der Waals surface area contributed by atoms with Crippen molar-refractivity contribution in [2.45, 2.75) is 26.9 Å². The second-order valence-electron chi connectivity index (χ2n) is 7.93. The van der Waals surface area contributed by atoms with Crippen LogP contribution in [-0.4, -0.2) is 9.38 Å². The zero-order chi connectivity index (χ0) is 22.4. The third kappa shape index (κ3) is 3.49. The summed E-state index contributed by atoms with van der Waals surface area (Å²) in [5.74, 6) is 0.0923. The Kier molecular flexibility index (Phi) is 5.07. The Morgan fingerprint density at radius 1 is 1.19 bits per heavy atom. The summed E-state index contributed by atoms with van der Waals surface area (Å²) >= 11 is 3.50. The fourth-order valence-electron chi connectivity index (χ4n) is 4.30. The van der Waals surface area contributed by atoms with Crippen molar-refractivity contribution in [2.24, 2.45) is 0 Å². The molecule has 1 aliphatic heterocycles. The Bertz CT molecular complexity index is 1460. The number of aromatic nitrogens is 2. The van der Waals surface area contributed by atoms with E-state index >= 15 is 0 Å². The van der Waals surface area contributed by atoms with Gasteiger partial charge in [0.05, 0.1) is 11.8 Å². The van der Waals surface area contributed by atoms with Crippen LogP contribution in [0.3, 0.4) is 0 Å². The largest absolute Gasteiger partial charge is 0.488 e. The molecule has 2 aromatic carbocycles. The molecule has 5 rings (SSSR count). The van der Waals surface area contributed by atoms with Crippen LogP contribution in [0.15, 0.2) is 64.8 Å². The van der Waals surface area contributed by atoms with Gasteiger partial charge in [-0.15, -0.1) is 0 Å². The molecule has 0 saturated heterocycles. The Hall–Kier alpha value is -3.43. The number of nitrogens with zero attached hydrogens (tertiary/aromatic N) is 3.